The first-order valence-electron chi connectivity index (χ1n) is 7.97. The van der Waals surface area contributed by atoms with Gasteiger partial charge in [0.2, 0.25) is 10.0 Å². The molecule has 1 aliphatic carbocycles. The first-order valence-corrected chi connectivity index (χ1v) is 9.58. The maximum atomic E-state index is 12.1. The van der Waals surface area contributed by atoms with E-state index < -0.39 is 10.0 Å². The quantitative estimate of drug-likeness (QED) is 0.823. The summed E-state index contributed by atoms with van der Waals surface area (Å²) in [6.45, 7) is 5.54. The highest BCUT2D eigenvalue weighted by atomic mass is 32.2. The maximum Gasteiger partial charge on any atom is 0.214 e. The number of nitrogens with zero attached hydrogens (tertiary/aromatic N) is 2. The van der Waals surface area contributed by atoms with Crippen LogP contribution in [0.2, 0.25) is 0 Å². The average molecular weight is 303 g/mol. The molecule has 5 nitrogen and oxygen atoms in total. The molecule has 0 radical (unpaired) electrons. The van der Waals surface area contributed by atoms with Crippen LogP contribution in [0.1, 0.15) is 45.4 Å². The summed E-state index contributed by atoms with van der Waals surface area (Å²) >= 11 is 0. The summed E-state index contributed by atoms with van der Waals surface area (Å²) in [5.41, 5.74) is 6.20. The lowest BCUT2D eigenvalue weighted by molar-refractivity contribution is 0.0305. The van der Waals surface area contributed by atoms with Crippen LogP contribution in [0.25, 0.3) is 0 Å². The van der Waals surface area contributed by atoms with Crippen LogP contribution < -0.4 is 5.73 Å². The van der Waals surface area contributed by atoms with Gasteiger partial charge in [-0.1, -0.05) is 26.2 Å². The number of rotatable bonds is 5. The van der Waals surface area contributed by atoms with Gasteiger partial charge in [-0.25, -0.2) is 8.42 Å². The summed E-state index contributed by atoms with van der Waals surface area (Å²) in [6.07, 6.45) is 6.86. The largest absolute Gasteiger partial charge is 0.329 e. The summed E-state index contributed by atoms with van der Waals surface area (Å²) in [5.74, 6) is 0.273. The van der Waals surface area contributed by atoms with E-state index in [1.54, 1.807) is 4.31 Å². The first kappa shape index (κ1) is 16.2. The summed E-state index contributed by atoms with van der Waals surface area (Å²) in [6, 6.07) is 0. The van der Waals surface area contributed by atoms with Gasteiger partial charge >= 0.3 is 0 Å². The zero-order valence-electron chi connectivity index (χ0n) is 12.7. The molecule has 0 aromatic carbocycles. The summed E-state index contributed by atoms with van der Waals surface area (Å²) in [7, 11) is -3.04. The monoisotopic (exact) mass is 303 g/mol. The second kappa shape index (κ2) is 6.73. The number of sulfonamides is 1. The maximum absolute atomic E-state index is 12.1. The lowest BCUT2D eigenvalue weighted by Crippen LogP contribution is -2.61. The second-order valence-electron chi connectivity index (χ2n) is 6.19. The van der Waals surface area contributed by atoms with Crippen molar-refractivity contribution in [2.75, 3.05) is 38.5 Å². The smallest absolute Gasteiger partial charge is 0.214 e. The Balaban J connectivity index is 1.96. The SMILES string of the molecule is CCCS(=O)(=O)N1CCN(C2(CN)CCCCC2)CC1. The van der Waals surface area contributed by atoms with Crippen molar-refractivity contribution >= 4 is 10.0 Å². The van der Waals surface area contributed by atoms with Gasteiger partial charge in [-0.05, 0) is 19.3 Å². The predicted octanol–water partition coefficient (Wildman–Crippen LogP) is 1.01. The van der Waals surface area contributed by atoms with Gasteiger partial charge in [0.25, 0.3) is 0 Å². The van der Waals surface area contributed by atoms with Crippen molar-refractivity contribution in [1.82, 2.24) is 9.21 Å². The molecule has 0 bridgehead atoms. The van der Waals surface area contributed by atoms with Crippen molar-refractivity contribution < 1.29 is 8.42 Å². The molecule has 0 aromatic heterocycles. The zero-order chi connectivity index (χ0) is 14.6. The molecular weight excluding hydrogens is 274 g/mol. The molecule has 1 heterocycles. The van der Waals surface area contributed by atoms with Gasteiger partial charge in [0.1, 0.15) is 0 Å². The molecule has 118 valence electrons. The van der Waals surface area contributed by atoms with Crippen LogP contribution in [0, 0.1) is 0 Å². The third-order valence-corrected chi connectivity index (χ3v) is 7.01. The Bertz CT molecular complexity index is 397. The molecule has 20 heavy (non-hydrogen) atoms. The summed E-state index contributed by atoms with van der Waals surface area (Å²) in [4.78, 5) is 2.46. The fraction of sp³-hybridized carbons (Fsp3) is 1.00. The Morgan fingerprint density at radius 3 is 2.15 bits per heavy atom. The van der Waals surface area contributed by atoms with Crippen molar-refractivity contribution in [2.24, 2.45) is 5.73 Å². The topological polar surface area (TPSA) is 66.6 Å². The van der Waals surface area contributed by atoms with E-state index in [0.29, 0.717) is 26.1 Å². The van der Waals surface area contributed by atoms with Gasteiger partial charge in [-0.2, -0.15) is 4.31 Å². The Labute approximate surface area is 123 Å². The van der Waals surface area contributed by atoms with Crippen LogP contribution in [0.5, 0.6) is 0 Å². The third kappa shape index (κ3) is 3.35. The molecule has 2 aliphatic rings. The van der Waals surface area contributed by atoms with Gasteiger partial charge < -0.3 is 5.73 Å². The molecular formula is C14H29N3O2S. The van der Waals surface area contributed by atoms with E-state index >= 15 is 0 Å². The predicted molar refractivity (Wildman–Crippen MR) is 82.1 cm³/mol. The van der Waals surface area contributed by atoms with Crippen LogP contribution in [0.3, 0.4) is 0 Å². The molecule has 2 fully saturated rings. The first-order chi connectivity index (χ1) is 9.54. The molecule has 1 saturated heterocycles. The summed E-state index contributed by atoms with van der Waals surface area (Å²) < 4.78 is 25.9. The van der Waals surface area contributed by atoms with Gasteiger partial charge in [0, 0.05) is 38.3 Å². The average Bonchev–Trinajstić information content (AvgIpc) is 2.48. The summed E-state index contributed by atoms with van der Waals surface area (Å²) in [5, 5.41) is 0. The molecule has 0 aromatic rings. The van der Waals surface area contributed by atoms with E-state index in [4.69, 9.17) is 5.73 Å². The van der Waals surface area contributed by atoms with E-state index in [-0.39, 0.29) is 11.3 Å². The molecule has 0 atom stereocenters. The van der Waals surface area contributed by atoms with Crippen molar-refractivity contribution in [2.45, 2.75) is 51.0 Å². The van der Waals surface area contributed by atoms with Gasteiger partial charge in [0.15, 0.2) is 0 Å². The minimum Gasteiger partial charge on any atom is -0.329 e. The van der Waals surface area contributed by atoms with Crippen molar-refractivity contribution in [3.05, 3.63) is 0 Å². The van der Waals surface area contributed by atoms with Crippen molar-refractivity contribution in [3.8, 4) is 0 Å². The number of hydrogen-bond donors (Lipinski definition) is 1. The Morgan fingerprint density at radius 2 is 1.65 bits per heavy atom. The van der Waals surface area contributed by atoms with Crippen molar-refractivity contribution in [1.29, 1.82) is 0 Å². The number of hydrogen-bond acceptors (Lipinski definition) is 4. The molecule has 1 aliphatic heterocycles. The van der Waals surface area contributed by atoms with Gasteiger partial charge in [0.05, 0.1) is 5.75 Å². The molecule has 2 rings (SSSR count). The highest BCUT2D eigenvalue weighted by Crippen LogP contribution is 2.33. The van der Waals surface area contributed by atoms with E-state index in [1.807, 2.05) is 6.92 Å². The van der Waals surface area contributed by atoms with Crippen LogP contribution in [-0.4, -0.2) is 61.6 Å². The highest BCUT2D eigenvalue weighted by molar-refractivity contribution is 7.89. The molecule has 1 saturated carbocycles. The van der Waals surface area contributed by atoms with Crippen molar-refractivity contribution in [3.63, 3.8) is 0 Å². The van der Waals surface area contributed by atoms with E-state index in [9.17, 15) is 8.42 Å². The highest BCUT2D eigenvalue weighted by Gasteiger charge is 2.39. The van der Waals surface area contributed by atoms with E-state index in [2.05, 4.69) is 4.90 Å². The normalized spacial score (nSPS) is 25.7. The Morgan fingerprint density at radius 1 is 1.05 bits per heavy atom. The molecule has 0 spiro atoms. The minimum absolute atomic E-state index is 0.138. The third-order valence-electron chi connectivity index (χ3n) is 4.93. The minimum atomic E-state index is -3.04. The van der Waals surface area contributed by atoms with Crippen LogP contribution in [0.15, 0.2) is 0 Å². The van der Waals surface area contributed by atoms with Gasteiger partial charge in [-0.15, -0.1) is 0 Å². The lowest BCUT2D eigenvalue weighted by atomic mass is 9.80. The fourth-order valence-corrected chi connectivity index (χ4v) is 5.18. The van der Waals surface area contributed by atoms with E-state index in [1.165, 1.54) is 32.1 Å². The molecule has 2 N–H and O–H groups in total. The Hall–Kier alpha value is -0.170. The number of piperazine rings is 1. The van der Waals surface area contributed by atoms with Gasteiger partial charge in [-0.3, -0.25) is 4.90 Å². The fourth-order valence-electron chi connectivity index (χ4n) is 3.69. The molecule has 6 heteroatoms. The molecule has 0 unspecified atom stereocenters. The Kier molecular flexibility index (Phi) is 5.45. The number of nitrogens with two attached hydrogens (primary N) is 1. The lowest BCUT2D eigenvalue weighted by Gasteiger charge is -2.49. The van der Waals surface area contributed by atoms with E-state index in [0.717, 1.165) is 13.1 Å². The molecule has 0 amide bonds. The standard InChI is InChI=1S/C14H29N3O2S/c1-2-12-20(18,19)17-10-8-16(9-11-17)14(13-15)6-4-3-5-7-14/h2-13,15H2,1H3. The van der Waals surface area contributed by atoms with Crippen LogP contribution >= 0.6 is 0 Å². The van der Waals surface area contributed by atoms with Crippen LogP contribution in [0.4, 0.5) is 0 Å². The van der Waals surface area contributed by atoms with Crippen LogP contribution in [-0.2, 0) is 10.0 Å². The second-order valence-corrected chi connectivity index (χ2v) is 8.28. The zero-order valence-corrected chi connectivity index (χ0v) is 13.5.